The molecular weight excluding hydrogens is 278 g/mol. The van der Waals surface area contributed by atoms with Gasteiger partial charge in [0.1, 0.15) is 0 Å². The summed E-state index contributed by atoms with van der Waals surface area (Å²) in [5.41, 5.74) is 1.78. The van der Waals surface area contributed by atoms with Gasteiger partial charge in [0, 0.05) is 38.4 Å². The van der Waals surface area contributed by atoms with Gasteiger partial charge in [-0.3, -0.25) is 0 Å². The van der Waals surface area contributed by atoms with Gasteiger partial charge in [0.15, 0.2) is 0 Å². The van der Waals surface area contributed by atoms with Crippen LogP contribution < -0.4 is 10.2 Å². The van der Waals surface area contributed by atoms with E-state index in [-0.39, 0.29) is 0 Å². The molecule has 1 unspecified atom stereocenters. The third-order valence-corrected chi connectivity index (χ3v) is 3.80. The standard InChI is InChI=1S/C17H29N3O2/c1-17(21,14-19(2)3)13-18-12-15-4-6-16(7-5-15)20-8-10-22-11-9-20/h4-7,18,21H,8-14H2,1-3H3. The van der Waals surface area contributed by atoms with E-state index in [0.717, 1.165) is 32.8 Å². The highest BCUT2D eigenvalue weighted by Crippen LogP contribution is 2.16. The third kappa shape index (κ3) is 5.57. The molecule has 0 saturated carbocycles. The Morgan fingerprint density at radius 1 is 1.23 bits per heavy atom. The lowest BCUT2D eigenvalue weighted by molar-refractivity contribution is 0.0336. The fraction of sp³-hybridized carbons (Fsp3) is 0.647. The highest BCUT2D eigenvalue weighted by molar-refractivity contribution is 5.47. The first kappa shape index (κ1) is 17.2. The Kier molecular flexibility index (Phi) is 6.20. The second-order valence-corrected chi connectivity index (χ2v) is 6.60. The first-order valence-corrected chi connectivity index (χ1v) is 7.96. The van der Waals surface area contributed by atoms with E-state index in [4.69, 9.17) is 4.74 Å². The lowest BCUT2D eigenvalue weighted by atomic mass is 10.1. The van der Waals surface area contributed by atoms with E-state index in [1.165, 1.54) is 11.3 Å². The van der Waals surface area contributed by atoms with Crippen LogP contribution in [0.5, 0.6) is 0 Å². The summed E-state index contributed by atoms with van der Waals surface area (Å²) in [5.74, 6) is 0. The van der Waals surface area contributed by atoms with E-state index in [1.807, 2.05) is 25.9 Å². The van der Waals surface area contributed by atoms with Crippen molar-refractivity contribution in [2.24, 2.45) is 0 Å². The molecule has 2 N–H and O–H groups in total. The van der Waals surface area contributed by atoms with Crippen LogP contribution >= 0.6 is 0 Å². The summed E-state index contributed by atoms with van der Waals surface area (Å²) in [4.78, 5) is 4.35. The molecule has 1 heterocycles. The van der Waals surface area contributed by atoms with Crippen LogP contribution in [0.15, 0.2) is 24.3 Å². The minimum absolute atomic E-state index is 0.580. The molecule has 0 aliphatic carbocycles. The molecule has 0 radical (unpaired) electrons. The van der Waals surface area contributed by atoms with Crippen molar-refractivity contribution in [1.82, 2.24) is 10.2 Å². The summed E-state index contributed by atoms with van der Waals surface area (Å²) in [6.45, 7) is 7.41. The van der Waals surface area contributed by atoms with Crippen molar-refractivity contribution >= 4 is 5.69 Å². The molecule has 0 amide bonds. The Hall–Kier alpha value is -1.14. The maximum atomic E-state index is 10.3. The Balaban J connectivity index is 1.79. The predicted octanol–water partition coefficient (Wildman–Crippen LogP) is 0.925. The summed E-state index contributed by atoms with van der Waals surface area (Å²) in [6.07, 6.45) is 0. The number of benzene rings is 1. The Morgan fingerprint density at radius 2 is 1.86 bits per heavy atom. The fourth-order valence-corrected chi connectivity index (χ4v) is 2.86. The summed E-state index contributed by atoms with van der Waals surface area (Å²) < 4.78 is 5.38. The van der Waals surface area contributed by atoms with Gasteiger partial charge in [0.05, 0.1) is 18.8 Å². The molecular formula is C17H29N3O2. The molecule has 1 atom stereocenters. The van der Waals surface area contributed by atoms with Crippen LogP contribution in [-0.4, -0.2) is 69.1 Å². The van der Waals surface area contributed by atoms with Gasteiger partial charge in [-0.05, 0) is 38.7 Å². The van der Waals surface area contributed by atoms with E-state index in [9.17, 15) is 5.11 Å². The Labute approximate surface area is 133 Å². The molecule has 1 aromatic carbocycles. The molecule has 124 valence electrons. The largest absolute Gasteiger partial charge is 0.388 e. The second kappa shape index (κ2) is 7.92. The van der Waals surface area contributed by atoms with Crippen molar-refractivity contribution in [3.63, 3.8) is 0 Å². The number of aliphatic hydroxyl groups is 1. The number of likely N-dealkylation sites (N-methyl/N-ethyl adjacent to an activating group) is 1. The van der Waals surface area contributed by atoms with E-state index >= 15 is 0 Å². The van der Waals surface area contributed by atoms with Gasteiger partial charge in [-0.1, -0.05) is 12.1 Å². The topological polar surface area (TPSA) is 48.0 Å². The molecule has 1 aliphatic heterocycles. The van der Waals surface area contributed by atoms with Crippen LogP contribution in [0.4, 0.5) is 5.69 Å². The summed E-state index contributed by atoms with van der Waals surface area (Å²) >= 11 is 0. The summed E-state index contributed by atoms with van der Waals surface area (Å²) in [5, 5.41) is 13.6. The van der Waals surface area contributed by atoms with Crippen LogP contribution in [0.2, 0.25) is 0 Å². The lowest BCUT2D eigenvalue weighted by Gasteiger charge is -2.29. The summed E-state index contributed by atoms with van der Waals surface area (Å²) in [7, 11) is 3.94. The lowest BCUT2D eigenvalue weighted by Crippen LogP contribution is -2.45. The molecule has 0 bridgehead atoms. The molecule has 1 aromatic rings. The molecule has 0 spiro atoms. The maximum absolute atomic E-state index is 10.3. The van der Waals surface area contributed by atoms with Crippen LogP contribution in [0.25, 0.3) is 0 Å². The van der Waals surface area contributed by atoms with E-state index in [2.05, 4.69) is 34.5 Å². The highest BCUT2D eigenvalue weighted by atomic mass is 16.5. The summed E-state index contributed by atoms with van der Waals surface area (Å²) in [6, 6.07) is 8.64. The number of hydrogen-bond acceptors (Lipinski definition) is 5. The average molecular weight is 307 g/mol. The monoisotopic (exact) mass is 307 g/mol. The second-order valence-electron chi connectivity index (χ2n) is 6.60. The van der Waals surface area contributed by atoms with Gasteiger partial charge < -0.3 is 25.0 Å². The van der Waals surface area contributed by atoms with Crippen LogP contribution in [0, 0.1) is 0 Å². The van der Waals surface area contributed by atoms with Gasteiger partial charge in [0.2, 0.25) is 0 Å². The normalized spacial score (nSPS) is 18.5. The number of rotatable bonds is 7. The number of nitrogens with zero attached hydrogens (tertiary/aromatic N) is 2. The van der Waals surface area contributed by atoms with Crippen LogP contribution in [-0.2, 0) is 11.3 Å². The zero-order chi connectivity index (χ0) is 16.0. The molecule has 1 aliphatic rings. The number of hydrogen-bond donors (Lipinski definition) is 2. The number of nitrogens with one attached hydrogen (secondary N) is 1. The Bertz CT molecular complexity index is 440. The Morgan fingerprint density at radius 3 is 2.45 bits per heavy atom. The molecule has 5 nitrogen and oxygen atoms in total. The molecule has 2 rings (SSSR count). The third-order valence-electron chi connectivity index (χ3n) is 3.80. The van der Waals surface area contributed by atoms with Crippen molar-refractivity contribution in [2.45, 2.75) is 19.1 Å². The zero-order valence-electron chi connectivity index (χ0n) is 14.0. The van der Waals surface area contributed by atoms with Gasteiger partial charge in [-0.15, -0.1) is 0 Å². The smallest absolute Gasteiger partial charge is 0.0869 e. The molecule has 22 heavy (non-hydrogen) atoms. The number of ether oxygens (including phenoxy) is 1. The van der Waals surface area contributed by atoms with E-state index < -0.39 is 5.60 Å². The molecule has 5 heteroatoms. The number of morpholine rings is 1. The van der Waals surface area contributed by atoms with Crippen molar-refractivity contribution < 1.29 is 9.84 Å². The predicted molar refractivity (Wildman–Crippen MR) is 90.4 cm³/mol. The SMILES string of the molecule is CN(C)CC(C)(O)CNCc1ccc(N2CCOCC2)cc1. The van der Waals surface area contributed by atoms with Crippen molar-refractivity contribution in [3.8, 4) is 0 Å². The molecule has 0 aromatic heterocycles. The number of anilines is 1. The zero-order valence-corrected chi connectivity index (χ0v) is 14.0. The van der Waals surface area contributed by atoms with Gasteiger partial charge >= 0.3 is 0 Å². The highest BCUT2D eigenvalue weighted by Gasteiger charge is 2.20. The first-order chi connectivity index (χ1) is 10.5. The maximum Gasteiger partial charge on any atom is 0.0869 e. The van der Waals surface area contributed by atoms with E-state index in [1.54, 1.807) is 0 Å². The average Bonchev–Trinajstić information content (AvgIpc) is 2.47. The molecule has 1 saturated heterocycles. The molecule has 1 fully saturated rings. The van der Waals surface area contributed by atoms with Gasteiger partial charge in [-0.25, -0.2) is 0 Å². The quantitative estimate of drug-likeness (QED) is 0.785. The van der Waals surface area contributed by atoms with Crippen molar-refractivity contribution in [1.29, 1.82) is 0 Å². The minimum atomic E-state index is -0.711. The van der Waals surface area contributed by atoms with Gasteiger partial charge in [-0.2, -0.15) is 0 Å². The van der Waals surface area contributed by atoms with Crippen LogP contribution in [0.3, 0.4) is 0 Å². The minimum Gasteiger partial charge on any atom is -0.388 e. The van der Waals surface area contributed by atoms with Crippen molar-refractivity contribution in [2.75, 3.05) is 58.4 Å². The van der Waals surface area contributed by atoms with Crippen LogP contribution in [0.1, 0.15) is 12.5 Å². The fourth-order valence-electron chi connectivity index (χ4n) is 2.86. The van der Waals surface area contributed by atoms with Gasteiger partial charge in [0.25, 0.3) is 0 Å². The van der Waals surface area contributed by atoms with Crippen molar-refractivity contribution in [3.05, 3.63) is 29.8 Å². The van der Waals surface area contributed by atoms with E-state index in [0.29, 0.717) is 13.1 Å². The first-order valence-electron chi connectivity index (χ1n) is 7.96.